The fourth-order valence-corrected chi connectivity index (χ4v) is 2.08. The van der Waals surface area contributed by atoms with Crippen LogP contribution < -0.4 is 9.47 Å². The summed E-state index contributed by atoms with van der Waals surface area (Å²) < 4.78 is 12.1. The lowest BCUT2D eigenvalue weighted by molar-refractivity contribution is 0.209. The van der Waals surface area contributed by atoms with Crippen LogP contribution in [-0.4, -0.2) is 29.1 Å². The largest absolute Gasteiger partial charge is 0.493 e. The van der Waals surface area contributed by atoms with Crippen molar-refractivity contribution in [2.45, 2.75) is 13.0 Å². The molecule has 0 fully saturated rings. The number of aryl methyl sites for hydroxylation is 2. The van der Waals surface area contributed by atoms with Crippen LogP contribution in [0.25, 0.3) is 0 Å². The zero-order valence-corrected chi connectivity index (χ0v) is 11.5. The second-order valence-electron chi connectivity index (χ2n) is 4.35. The molecule has 5 heteroatoms. The standard InChI is InChI=1S/C14H18N2O3/c1-9-7-11(16(2)15-9)14(17)10-5-6-12(18-3)13(8-10)19-4/h5-8,14,17H,1-4H3. The summed E-state index contributed by atoms with van der Waals surface area (Å²) in [6, 6.07) is 7.22. The summed E-state index contributed by atoms with van der Waals surface area (Å²) in [5.41, 5.74) is 2.35. The Bertz CT molecular complexity index is 578. The van der Waals surface area contributed by atoms with E-state index in [1.807, 2.05) is 26.1 Å². The van der Waals surface area contributed by atoms with Gasteiger partial charge in [0.05, 0.1) is 25.6 Å². The quantitative estimate of drug-likeness (QED) is 0.913. The maximum Gasteiger partial charge on any atom is 0.161 e. The second-order valence-corrected chi connectivity index (χ2v) is 4.35. The third kappa shape index (κ3) is 2.56. The number of hydrogen-bond donors (Lipinski definition) is 1. The van der Waals surface area contributed by atoms with Gasteiger partial charge < -0.3 is 14.6 Å². The molecule has 1 heterocycles. The molecule has 19 heavy (non-hydrogen) atoms. The number of rotatable bonds is 4. The minimum Gasteiger partial charge on any atom is -0.493 e. The van der Waals surface area contributed by atoms with Crippen LogP contribution in [0.3, 0.4) is 0 Å². The maximum absolute atomic E-state index is 10.4. The van der Waals surface area contributed by atoms with Gasteiger partial charge in [-0.15, -0.1) is 0 Å². The smallest absolute Gasteiger partial charge is 0.161 e. The number of hydrogen-bond acceptors (Lipinski definition) is 4. The Morgan fingerprint density at radius 1 is 1.16 bits per heavy atom. The van der Waals surface area contributed by atoms with Gasteiger partial charge in [-0.2, -0.15) is 5.10 Å². The highest BCUT2D eigenvalue weighted by Gasteiger charge is 2.17. The molecule has 0 spiro atoms. The highest BCUT2D eigenvalue weighted by atomic mass is 16.5. The van der Waals surface area contributed by atoms with Gasteiger partial charge in [-0.1, -0.05) is 6.07 Å². The average molecular weight is 262 g/mol. The van der Waals surface area contributed by atoms with Gasteiger partial charge in [0, 0.05) is 7.05 Å². The topological polar surface area (TPSA) is 56.5 Å². The summed E-state index contributed by atoms with van der Waals surface area (Å²) >= 11 is 0. The van der Waals surface area contributed by atoms with Gasteiger partial charge in [-0.05, 0) is 30.7 Å². The minimum absolute atomic E-state index is 0.595. The van der Waals surface area contributed by atoms with Crippen LogP contribution in [0.2, 0.25) is 0 Å². The first-order valence-corrected chi connectivity index (χ1v) is 5.97. The fourth-order valence-electron chi connectivity index (χ4n) is 2.08. The molecule has 0 aliphatic rings. The monoisotopic (exact) mass is 262 g/mol. The molecule has 5 nitrogen and oxygen atoms in total. The van der Waals surface area contributed by atoms with Crippen LogP contribution in [0.5, 0.6) is 11.5 Å². The van der Waals surface area contributed by atoms with Crippen LogP contribution in [0.1, 0.15) is 23.1 Å². The normalized spacial score (nSPS) is 12.3. The van der Waals surface area contributed by atoms with Crippen LogP contribution in [0.4, 0.5) is 0 Å². The molecule has 2 aromatic rings. The SMILES string of the molecule is COc1ccc(C(O)c2cc(C)nn2C)cc1OC. The lowest BCUT2D eigenvalue weighted by Crippen LogP contribution is -2.07. The molecule has 0 radical (unpaired) electrons. The Hall–Kier alpha value is -2.01. The molecular formula is C14H18N2O3. The number of methoxy groups -OCH3 is 2. The lowest BCUT2D eigenvalue weighted by Gasteiger charge is -2.14. The second kappa shape index (κ2) is 5.32. The number of nitrogens with zero attached hydrogens (tertiary/aromatic N) is 2. The maximum atomic E-state index is 10.4. The predicted octanol–water partition coefficient (Wildman–Crippen LogP) is 1.83. The van der Waals surface area contributed by atoms with Crippen molar-refractivity contribution in [2.24, 2.45) is 7.05 Å². The summed E-state index contributed by atoms with van der Waals surface area (Å²) in [7, 11) is 4.97. The van der Waals surface area contributed by atoms with Crippen molar-refractivity contribution in [3.63, 3.8) is 0 Å². The van der Waals surface area contributed by atoms with Gasteiger partial charge >= 0.3 is 0 Å². The highest BCUT2D eigenvalue weighted by molar-refractivity contribution is 5.44. The number of ether oxygens (including phenoxy) is 2. The number of aromatic nitrogens is 2. The zero-order valence-electron chi connectivity index (χ0n) is 11.5. The third-order valence-corrected chi connectivity index (χ3v) is 3.04. The molecular weight excluding hydrogens is 244 g/mol. The minimum atomic E-state index is -0.744. The van der Waals surface area contributed by atoms with Gasteiger partial charge in [0.2, 0.25) is 0 Å². The molecule has 1 aromatic heterocycles. The average Bonchev–Trinajstić information content (AvgIpc) is 2.76. The van der Waals surface area contributed by atoms with E-state index in [0.717, 1.165) is 17.0 Å². The Balaban J connectivity index is 2.39. The van der Waals surface area contributed by atoms with Crippen molar-refractivity contribution < 1.29 is 14.6 Å². The van der Waals surface area contributed by atoms with E-state index >= 15 is 0 Å². The number of aliphatic hydroxyl groups is 1. The lowest BCUT2D eigenvalue weighted by atomic mass is 10.1. The molecule has 0 saturated carbocycles. The van der Waals surface area contributed by atoms with Crippen LogP contribution in [0.15, 0.2) is 24.3 Å². The van der Waals surface area contributed by atoms with Gasteiger partial charge in [0.1, 0.15) is 6.10 Å². The van der Waals surface area contributed by atoms with E-state index < -0.39 is 6.10 Å². The first kappa shape index (κ1) is 13.4. The van der Waals surface area contributed by atoms with Crippen molar-refractivity contribution in [1.82, 2.24) is 9.78 Å². The van der Waals surface area contributed by atoms with E-state index in [-0.39, 0.29) is 0 Å². The summed E-state index contributed by atoms with van der Waals surface area (Å²) in [6.45, 7) is 1.89. The highest BCUT2D eigenvalue weighted by Crippen LogP contribution is 2.32. The molecule has 0 aliphatic carbocycles. The van der Waals surface area contributed by atoms with Crippen molar-refractivity contribution in [1.29, 1.82) is 0 Å². The van der Waals surface area contributed by atoms with E-state index in [4.69, 9.17) is 9.47 Å². The Labute approximate surface area is 112 Å². The molecule has 1 N–H and O–H groups in total. The van der Waals surface area contributed by atoms with E-state index in [1.54, 1.807) is 31.0 Å². The Morgan fingerprint density at radius 2 is 1.84 bits per heavy atom. The first-order chi connectivity index (χ1) is 9.06. The summed E-state index contributed by atoms with van der Waals surface area (Å²) in [6.07, 6.45) is -0.744. The van der Waals surface area contributed by atoms with Gasteiger partial charge in [0.25, 0.3) is 0 Å². The number of aliphatic hydroxyl groups excluding tert-OH is 1. The fraction of sp³-hybridized carbons (Fsp3) is 0.357. The van der Waals surface area contributed by atoms with Crippen molar-refractivity contribution in [2.75, 3.05) is 14.2 Å². The molecule has 0 saturated heterocycles. The molecule has 102 valence electrons. The third-order valence-electron chi connectivity index (χ3n) is 3.04. The van der Waals surface area contributed by atoms with Crippen molar-refractivity contribution in [3.8, 4) is 11.5 Å². The van der Waals surface area contributed by atoms with E-state index in [0.29, 0.717) is 11.5 Å². The van der Waals surface area contributed by atoms with E-state index in [1.165, 1.54) is 0 Å². The first-order valence-electron chi connectivity index (χ1n) is 5.97. The predicted molar refractivity (Wildman–Crippen MR) is 71.6 cm³/mol. The Morgan fingerprint density at radius 3 is 2.37 bits per heavy atom. The molecule has 2 rings (SSSR count). The molecule has 0 aliphatic heterocycles. The summed E-state index contributed by atoms with van der Waals surface area (Å²) in [4.78, 5) is 0. The summed E-state index contributed by atoms with van der Waals surface area (Å²) in [5.74, 6) is 1.23. The van der Waals surface area contributed by atoms with Crippen LogP contribution in [-0.2, 0) is 7.05 Å². The van der Waals surface area contributed by atoms with Gasteiger partial charge in [-0.25, -0.2) is 0 Å². The molecule has 1 atom stereocenters. The van der Waals surface area contributed by atoms with Gasteiger partial charge in [0.15, 0.2) is 11.5 Å². The zero-order chi connectivity index (χ0) is 14.0. The Kier molecular flexibility index (Phi) is 3.76. The number of benzene rings is 1. The van der Waals surface area contributed by atoms with Crippen molar-refractivity contribution in [3.05, 3.63) is 41.2 Å². The van der Waals surface area contributed by atoms with Gasteiger partial charge in [-0.3, -0.25) is 4.68 Å². The molecule has 1 aromatic carbocycles. The molecule has 1 unspecified atom stereocenters. The van der Waals surface area contributed by atoms with Crippen LogP contribution in [0, 0.1) is 6.92 Å². The van der Waals surface area contributed by atoms with Crippen LogP contribution >= 0.6 is 0 Å². The molecule has 0 amide bonds. The van der Waals surface area contributed by atoms with E-state index in [9.17, 15) is 5.11 Å². The van der Waals surface area contributed by atoms with E-state index in [2.05, 4.69) is 5.10 Å². The summed E-state index contributed by atoms with van der Waals surface area (Å²) in [5, 5.41) is 14.6. The van der Waals surface area contributed by atoms with Crippen molar-refractivity contribution >= 4 is 0 Å². The molecule has 0 bridgehead atoms.